The van der Waals surface area contributed by atoms with Crippen LogP contribution in [0.3, 0.4) is 0 Å². The lowest BCUT2D eigenvalue weighted by molar-refractivity contribution is 0.200. The molecule has 88 valence electrons. The van der Waals surface area contributed by atoms with E-state index in [9.17, 15) is 4.79 Å². The number of aromatic nitrogens is 1. The topological polar surface area (TPSA) is 45.2 Å². The standard InChI is InChI=1S/C12H19N3O/c1-4-15(5-2)12(16)14-10(3)11-7-6-8-13-9-11/h6-10H,4-5H2,1-3H3,(H,14,16). The van der Waals surface area contributed by atoms with Gasteiger partial charge in [-0.15, -0.1) is 0 Å². The zero-order valence-corrected chi connectivity index (χ0v) is 10.1. The van der Waals surface area contributed by atoms with Crippen LogP contribution in [0.2, 0.25) is 0 Å². The molecule has 1 atom stereocenters. The summed E-state index contributed by atoms with van der Waals surface area (Å²) in [4.78, 5) is 17.6. The summed E-state index contributed by atoms with van der Waals surface area (Å²) in [5.41, 5.74) is 1.02. The van der Waals surface area contributed by atoms with E-state index in [0.717, 1.165) is 18.7 Å². The summed E-state index contributed by atoms with van der Waals surface area (Å²) >= 11 is 0. The highest BCUT2D eigenvalue weighted by atomic mass is 16.2. The molecule has 1 unspecified atom stereocenters. The average molecular weight is 221 g/mol. The van der Waals surface area contributed by atoms with Gasteiger partial charge in [0, 0.05) is 25.5 Å². The molecule has 1 N–H and O–H groups in total. The van der Waals surface area contributed by atoms with Gasteiger partial charge in [-0.1, -0.05) is 6.07 Å². The largest absolute Gasteiger partial charge is 0.331 e. The SMILES string of the molecule is CCN(CC)C(=O)NC(C)c1cccnc1. The Balaban J connectivity index is 2.58. The minimum Gasteiger partial charge on any atom is -0.331 e. The molecular formula is C12H19N3O. The highest BCUT2D eigenvalue weighted by Gasteiger charge is 2.13. The first-order valence-electron chi connectivity index (χ1n) is 5.64. The van der Waals surface area contributed by atoms with Crippen molar-refractivity contribution in [1.82, 2.24) is 15.2 Å². The number of nitrogens with one attached hydrogen (secondary N) is 1. The number of nitrogens with zero attached hydrogens (tertiary/aromatic N) is 2. The molecule has 0 aliphatic rings. The van der Waals surface area contributed by atoms with Crippen molar-refractivity contribution in [3.63, 3.8) is 0 Å². The van der Waals surface area contributed by atoms with Gasteiger partial charge in [0.05, 0.1) is 6.04 Å². The van der Waals surface area contributed by atoms with Crippen LogP contribution in [0.25, 0.3) is 0 Å². The first kappa shape index (κ1) is 12.5. The summed E-state index contributed by atoms with van der Waals surface area (Å²) in [6.45, 7) is 7.35. The van der Waals surface area contributed by atoms with E-state index in [1.54, 1.807) is 17.3 Å². The summed E-state index contributed by atoms with van der Waals surface area (Å²) in [6, 6.07) is 3.79. The van der Waals surface area contributed by atoms with Gasteiger partial charge in [-0.05, 0) is 32.4 Å². The molecular weight excluding hydrogens is 202 g/mol. The van der Waals surface area contributed by atoms with Crippen molar-refractivity contribution < 1.29 is 4.79 Å². The summed E-state index contributed by atoms with van der Waals surface area (Å²) in [5, 5.41) is 2.95. The van der Waals surface area contributed by atoms with Crippen LogP contribution in [0.4, 0.5) is 4.79 Å². The van der Waals surface area contributed by atoms with Crippen molar-refractivity contribution in [3.05, 3.63) is 30.1 Å². The van der Waals surface area contributed by atoms with Crippen molar-refractivity contribution in [2.24, 2.45) is 0 Å². The van der Waals surface area contributed by atoms with Gasteiger partial charge in [0.2, 0.25) is 0 Å². The Kier molecular flexibility index (Phi) is 4.76. The van der Waals surface area contributed by atoms with Gasteiger partial charge in [-0.3, -0.25) is 4.98 Å². The van der Waals surface area contributed by atoms with E-state index in [4.69, 9.17) is 0 Å². The van der Waals surface area contributed by atoms with Crippen LogP contribution in [0.5, 0.6) is 0 Å². The molecule has 0 radical (unpaired) electrons. The van der Waals surface area contributed by atoms with Crippen molar-refractivity contribution in [3.8, 4) is 0 Å². The summed E-state index contributed by atoms with van der Waals surface area (Å²) < 4.78 is 0. The van der Waals surface area contributed by atoms with E-state index in [0.29, 0.717) is 0 Å². The minimum atomic E-state index is -0.0265. The molecule has 4 nitrogen and oxygen atoms in total. The van der Waals surface area contributed by atoms with Crippen LogP contribution in [0.1, 0.15) is 32.4 Å². The van der Waals surface area contributed by atoms with Gasteiger partial charge in [0.1, 0.15) is 0 Å². The molecule has 0 aromatic carbocycles. The third kappa shape index (κ3) is 3.22. The quantitative estimate of drug-likeness (QED) is 0.847. The third-order valence-electron chi connectivity index (χ3n) is 2.58. The first-order valence-corrected chi connectivity index (χ1v) is 5.64. The van der Waals surface area contributed by atoms with E-state index in [2.05, 4.69) is 10.3 Å². The van der Waals surface area contributed by atoms with Gasteiger partial charge in [-0.2, -0.15) is 0 Å². The van der Waals surface area contributed by atoms with Crippen LogP contribution in [0.15, 0.2) is 24.5 Å². The van der Waals surface area contributed by atoms with Gasteiger partial charge >= 0.3 is 6.03 Å². The monoisotopic (exact) mass is 221 g/mol. The van der Waals surface area contributed by atoms with E-state index in [1.165, 1.54) is 0 Å². The molecule has 1 aromatic rings. The van der Waals surface area contributed by atoms with Crippen LogP contribution in [-0.2, 0) is 0 Å². The van der Waals surface area contributed by atoms with Gasteiger partial charge < -0.3 is 10.2 Å². The van der Waals surface area contributed by atoms with Crippen LogP contribution in [-0.4, -0.2) is 29.0 Å². The lowest BCUT2D eigenvalue weighted by Gasteiger charge is -2.22. The lowest BCUT2D eigenvalue weighted by Crippen LogP contribution is -2.40. The number of carbonyl (C=O) groups excluding carboxylic acids is 1. The van der Waals surface area contributed by atoms with Crippen molar-refractivity contribution >= 4 is 6.03 Å². The molecule has 1 aromatic heterocycles. The number of hydrogen-bond donors (Lipinski definition) is 1. The van der Waals surface area contributed by atoms with Crippen molar-refractivity contribution in [2.75, 3.05) is 13.1 Å². The maximum atomic E-state index is 11.8. The first-order chi connectivity index (χ1) is 7.69. The van der Waals surface area contributed by atoms with E-state index in [1.807, 2.05) is 32.9 Å². The van der Waals surface area contributed by atoms with E-state index >= 15 is 0 Å². The molecule has 2 amide bonds. The molecule has 0 aliphatic carbocycles. The number of urea groups is 1. The summed E-state index contributed by atoms with van der Waals surface area (Å²) in [7, 11) is 0. The van der Waals surface area contributed by atoms with Gasteiger partial charge in [0.15, 0.2) is 0 Å². The number of hydrogen-bond acceptors (Lipinski definition) is 2. The van der Waals surface area contributed by atoms with Crippen molar-refractivity contribution in [2.45, 2.75) is 26.8 Å². The van der Waals surface area contributed by atoms with Gasteiger partial charge in [-0.25, -0.2) is 4.79 Å². The molecule has 0 fully saturated rings. The lowest BCUT2D eigenvalue weighted by atomic mass is 10.1. The Labute approximate surface area is 96.7 Å². The Morgan fingerprint density at radius 3 is 2.69 bits per heavy atom. The fraction of sp³-hybridized carbons (Fsp3) is 0.500. The fourth-order valence-electron chi connectivity index (χ4n) is 1.50. The fourth-order valence-corrected chi connectivity index (χ4v) is 1.50. The smallest absolute Gasteiger partial charge is 0.317 e. The second-order valence-electron chi connectivity index (χ2n) is 3.63. The summed E-state index contributed by atoms with van der Waals surface area (Å²) in [5.74, 6) is 0. The Morgan fingerprint density at radius 1 is 1.50 bits per heavy atom. The number of amides is 2. The second kappa shape index (κ2) is 6.10. The third-order valence-corrected chi connectivity index (χ3v) is 2.58. The maximum Gasteiger partial charge on any atom is 0.317 e. The normalized spacial score (nSPS) is 11.9. The molecule has 0 saturated heterocycles. The molecule has 0 saturated carbocycles. The number of pyridine rings is 1. The Hall–Kier alpha value is -1.58. The second-order valence-corrected chi connectivity index (χ2v) is 3.63. The molecule has 16 heavy (non-hydrogen) atoms. The van der Waals surface area contributed by atoms with E-state index < -0.39 is 0 Å². The average Bonchev–Trinajstić information content (AvgIpc) is 2.31. The summed E-state index contributed by atoms with van der Waals surface area (Å²) in [6.07, 6.45) is 3.50. The predicted octanol–water partition coefficient (Wildman–Crippen LogP) is 2.19. The zero-order valence-electron chi connectivity index (χ0n) is 10.1. The zero-order chi connectivity index (χ0) is 12.0. The highest BCUT2D eigenvalue weighted by molar-refractivity contribution is 5.74. The number of carbonyl (C=O) groups is 1. The molecule has 4 heteroatoms. The molecule has 1 rings (SSSR count). The highest BCUT2D eigenvalue weighted by Crippen LogP contribution is 2.10. The van der Waals surface area contributed by atoms with Crippen LogP contribution < -0.4 is 5.32 Å². The minimum absolute atomic E-state index is 0.0122. The molecule has 1 heterocycles. The Morgan fingerprint density at radius 2 is 2.19 bits per heavy atom. The molecule has 0 spiro atoms. The van der Waals surface area contributed by atoms with Crippen molar-refractivity contribution in [1.29, 1.82) is 0 Å². The van der Waals surface area contributed by atoms with Gasteiger partial charge in [0.25, 0.3) is 0 Å². The molecule has 0 aliphatic heterocycles. The van der Waals surface area contributed by atoms with Crippen LogP contribution >= 0.6 is 0 Å². The Bertz CT molecular complexity index is 322. The van der Waals surface area contributed by atoms with Crippen LogP contribution in [0, 0.1) is 0 Å². The maximum absolute atomic E-state index is 11.8. The van der Waals surface area contributed by atoms with E-state index in [-0.39, 0.29) is 12.1 Å². The molecule has 0 bridgehead atoms. The predicted molar refractivity (Wildman–Crippen MR) is 64.1 cm³/mol. The number of rotatable bonds is 4.